The van der Waals surface area contributed by atoms with Gasteiger partial charge in [0.25, 0.3) is 0 Å². The smallest absolute Gasteiger partial charge is 0.234 e. The van der Waals surface area contributed by atoms with E-state index in [1.165, 1.54) is 0 Å². The van der Waals surface area contributed by atoms with Crippen molar-refractivity contribution in [2.45, 2.75) is 44.3 Å². The first-order valence-electron chi connectivity index (χ1n) is 14.1. The first kappa shape index (κ1) is 29.2. The summed E-state index contributed by atoms with van der Waals surface area (Å²) in [6, 6.07) is 17.4. The van der Waals surface area contributed by atoms with E-state index in [4.69, 9.17) is 21.3 Å². The number of aromatic nitrogens is 1. The number of pyridine rings is 1. The van der Waals surface area contributed by atoms with E-state index in [0.29, 0.717) is 43.6 Å². The van der Waals surface area contributed by atoms with Crippen LogP contribution in [0.25, 0.3) is 10.8 Å². The lowest BCUT2D eigenvalue weighted by Gasteiger charge is -2.38. The molecule has 0 amide bonds. The Bertz CT molecular complexity index is 1500. The van der Waals surface area contributed by atoms with E-state index in [2.05, 4.69) is 63.5 Å². The lowest BCUT2D eigenvalue weighted by molar-refractivity contribution is 0.192. The van der Waals surface area contributed by atoms with E-state index in [1.54, 1.807) is 0 Å². The number of piperazine rings is 1. The van der Waals surface area contributed by atoms with Gasteiger partial charge in [-0.1, -0.05) is 35.9 Å². The van der Waals surface area contributed by atoms with Crippen molar-refractivity contribution in [1.29, 1.82) is 10.5 Å². The molecular weight excluding hydrogens is 557 g/mol. The van der Waals surface area contributed by atoms with Crippen LogP contribution in [0.15, 0.2) is 36.4 Å². The largest absolute Gasteiger partial charge is 0.475 e. The van der Waals surface area contributed by atoms with Crippen LogP contribution < -0.4 is 19.9 Å². The third-order valence-corrected chi connectivity index (χ3v) is 8.91. The molecule has 4 heterocycles. The van der Waals surface area contributed by atoms with E-state index < -0.39 is 0 Å². The normalized spacial score (nSPS) is 20.7. The van der Waals surface area contributed by atoms with Gasteiger partial charge in [-0.2, -0.15) is 15.5 Å². The number of likely N-dealkylation sites (tertiary alicyclic amines) is 1. The van der Waals surface area contributed by atoms with Gasteiger partial charge in [0, 0.05) is 67.0 Å². The number of likely N-dealkylation sites (N-methyl/N-ethyl adjacent to an activating group) is 1. The molecule has 3 aliphatic rings. The molecule has 0 unspecified atom stereocenters. The van der Waals surface area contributed by atoms with Crippen molar-refractivity contribution in [2.24, 2.45) is 0 Å². The van der Waals surface area contributed by atoms with E-state index in [1.807, 2.05) is 12.1 Å². The van der Waals surface area contributed by atoms with Gasteiger partial charge in [0.15, 0.2) is 0 Å². The number of nitrogens with zero attached hydrogens (tertiary/aromatic N) is 6. The van der Waals surface area contributed by atoms with E-state index in [-0.39, 0.29) is 18.4 Å². The molecule has 6 rings (SSSR count). The molecule has 3 aliphatic heterocycles. The van der Waals surface area contributed by atoms with Crippen LogP contribution in [0, 0.1) is 22.7 Å². The minimum Gasteiger partial charge on any atom is -0.475 e. The third kappa shape index (κ3) is 5.76. The zero-order chi connectivity index (χ0) is 27.6. The Morgan fingerprint density at radius 3 is 2.68 bits per heavy atom. The second kappa shape index (κ2) is 12.7. The van der Waals surface area contributed by atoms with Crippen LogP contribution in [0.3, 0.4) is 0 Å². The summed E-state index contributed by atoms with van der Waals surface area (Å²) in [6.07, 6.45) is 3.44. The summed E-state index contributed by atoms with van der Waals surface area (Å²) in [5.41, 5.74) is 3.69. The topological polar surface area (TPSA) is 91.5 Å². The van der Waals surface area contributed by atoms with E-state index >= 15 is 0 Å². The quantitative estimate of drug-likeness (QED) is 0.432. The Morgan fingerprint density at radius 1 is 1.10 bits per heavy atom. The molecule has 0 bridgehead atoms. The molecular formula is C31H35Cl2N7O. The molecule has 8 nitrogen and oxygen atoms in total. The maximum atomic E-state index is 10.4. The fourth-order valence-electron chi connectivity index (χ4n) is 6.44. The van der Waals surface area contributed by atoms with Gasteiger partial charge in [0.2, 0.25) is 5.88 Å². The minimum atomic E-state index is 0. The number of nitrogens with one attached hydrogen (secondary N) is 1. The van der Waals surface area contributed by atoms with Crippen molar-refractivity contribution in [1.82, 2.24) is 15.2 Å². The lowest BCUT2D eigenvalue weighted by atomic mass is 9.94. The highest BCUT2D eigenvalue weighted by Crippen LogP contribution is 2.40. The van der Waals surface area contributed by atoms with E-state index in [9.17, 15) is 10.5 Å². The van der Waals surface area contributed by atoms with Crippen LogP contribution in [-0.2, 0) is 13.0 Å². The Balaban J connectivity index is 0.00000337. The Morgan fingerprint density at radius 2 is 1.93 bits per heavy atom. The molecule has 214 valence electrons. The molecule has 2 saturated heterocycles. The highest BCUT2D eigenvalue weighted by atomic mass is 35.5. The highest BCUT2D eigenvalue weighted by molar-refractivity contribution is 6.36. The van der Waals surface area contributed by atoms with Gasteiger partial charge < -0.3 is 24.8 Å². The summed E-state index contributed by atoms with van der Waals surface area (Å²) in [7, 11) is 2.13. The average Bonchev–Trinajstić information content (AvgIpc) is 3.39. The number of ether oxygens (including phenoxy) is 1. The number of fused-ring (bicyclic) bond motifs is 2. The van der Waals surface area contributed by atoms with Gasteiger partial charge in [0.05, 0.1) is 17.5 Å². The van der Waals surface area contributed by atoms with Crippen molar-refractivity contribution in [3.05, 3.63) is 58.1 Å². The number of hydrogen-bond donors (Lipinski definition) is 1. The van der Waals surface area contributed by atoms with Crippen molar-refractivity contribution < 1.29 is 4.74 Å². The molecule has 2 aromatic carbocycles. The zero-order valence-electron chi connectivity index (χ0n) is 23.3. The fourth-order valence-corrected chi connectivity index (χ4v) is 6.72. The SMILES string of the molecule is CN1CCC[C@H]1COc1nc(N2CCN[C@@H](CC#N)C2)c2c(c1C#N)CN(c1cccc3cccc(Cl)c13)CC2.Cl. The Labute approximate surface area is 252 Å². The lowest BCUT2D eigenvalue weighted by Crippen LogP contribution is -2.51. The fraction of sp³-hybridized carbons (Fsp3) is 0.452. The predicted octanol–water partition coefficient (Wildman–Crippen LogP) is 4.91. The van der Waals surface area contributed by atoms with Crippen molar-refractivity contribution in [3.8, 4) is 18.0 Å². The Hall–Kier alpha value is -3.27. The van der Waals surface area contributed by atoms with Crippen molar-refractivity contribution in [3.63, 3.8) is 0 Å². The summed E-state index contributed by atoms with van der Waals surface area (Å²) >= 11 is 6.70. The van der Waals surface area contributed by atoms with Gasteiger partial charge in [-0.05, 0) is 50.4 Å². The first-order chi connectivity index (χ1) is 19.6. The number of nitriles is 2. The van der Waals surface area contributed by atoms with Gasteiger partial charge in [-0.3, -0.25) is 0 Å². The summed E-state index contributed by atoms with van der Waals surface area (Å²) in [6.45, 7) is 5.21. The summed E-state index contributed by atoms with van der Waals surface area (Å²) in [5.74, 6) is 1.31. The molecule has 41 heavy (non-hydrogen) atoms. The second-order valence-corrected chi connectivity index (χ2v) is 11.4. The first-order valence-corrected chi connectivity index (χ1v) is 14.5. The maximum absolute atomic E-state index is 10.4. The van der Waals surface area contributed by atoms with Gasteiger partial charge in [0.1, 0.15) is 24.1 Å². The number of anilines is 2. The summed E-state index contributed by atoms with van der Waals surface area (Å²) in [4.78, 5) is 12.0. The second-order valence-electron chi connectivity index (χ2n) is 11.0. The monoisotopic (exact) mass is 591 g/mol. The summed E-state index contributed by atoms with van der Waals surface area (Å²) in [5, 5.41) is 26.0. The van der Waals surface area contributed by atoms with Crippen molar-refractivity contribution >= 4 is 46.3 Å². The number of halogens is 2. The predicted molar refractivity (Wildman–Crippen MR) is 165 cm³/mol. The number of hydrogen-bond acceptors (Lipinski definition) is 8. The number of benzene rings is 2. The van der Waals surface area contributed by atoms with Gasteiger partial charge in [-0.25, -0.2) is 0 Å². The summed E-state index contributed by atoms with van der Waals surface area (Å²) < 4.78 is 6.38. The molecule has 0 spiro atoms. The molecule has 2 atom stereocenters. The molecule has 3 aromatic rings. The van der Waals surface area contributed by atoms with Crippen LogP contribution in [-0.4, -0.2) is 68.3 Å². The van der Waals surface area contributed by atoms with E-state index in [0.717, 1.165) is 83.9 Å². The third-order valence-electron chi connectivity index (χ3n) is 8.60. The Kier molecular flexibility index (Phi) is 9.06. The molecule has 2 fully saturated rings. The molecule has 1 N–H and O–H groups in total. The molecule has 0 saturated carbocycles. The van der Waals surface area contributed by atoms with Crippen molar-refractivity contribution in [2.75, 3.05) is 56.2 Å². The van der Waals surface area contributed by atoms with Crippen LogP contribution in [0.5, 0.6) is 5.88 Å². The van der Waals surface area contributed by atoms with Crippen LogP contribution in [0.4, 0.5) is 11.5 Å². The van der Waals surface area contributed by atoms with Crippen LogP contribution in [0.2, 0.25) is 5.02 Å². The highest BCUT2D eigenvalue weighted by Gasteiger charge is 2.32. The average molecular weight is 593 g/mol. The zero-order valence-corrected chi connectivity index (χ0v) is 24.8. The van der Waals surface area contributed by atoms with Crippen LogP contribution in [0.1, 0.15) is 36.0 Å². The minimum absolute atomic E-state index is 0. The van der Waals surface area contributed by atoms with Gasteiger partial charge >= 0.3 is 0 Å². The number of rotatable bonds is 6. The van der Waals surface area contributed by atoms with Gasteiger partial charge in [-0.15, -0.1) is 12.4 Å². The molecule has 10 heteroatoms. The molecule has 1 aromatic heterocycles. The standard InChI is InChI=1S/C31H34ClN7O.ClH/c1-37-14-4-7-23(37)20-40-31-25(17-34)26-19-38(28-9-3-6-21-5-2-8-27(32)29(21)28)15-11-24(26)30(36-31)39-16-13-35-22(18-39)10-12-33;/h2-3,5-6,8-9,22-23,35H,4,7,10-11,13-16,18-20H2,1H3;1H/t22-,23-;/m0./s1. The molecule has 0 aliphatic carbocycles. The van der Waals surface area contributed by atoms with Crippen LogP contribution >= 0.6 is 24.0 Å². The molecule has 0 radical (unpaired) electrons. The maximum Gasteiger partial charge on any atom is 0.234 e.